The molecule has 0 unspecified atom stereocenters. The van der Waals surface area contributed by atoms with Gasteiger partial charge in [-0.25, -0.2) is 9.79 Å². The molecule has 0 saturated heterocycles. The van der Waals surface area contributed by atoms with Crippen LogP contribution in [0.3, 0.4) is 0 Å². The largest absolute Gasteiger partial charge is 0.490 e. The van der Waals surface area contributed by atoms with Gasteiger partial charge in [0.25, 0.3) is 0 Å². The Labute approximate surface area is 189 Å². The molecule has 0 amide bonds. The van der Waals surface area contributed by atoms with Gasteiger partial charge in [-0.1, -0.05) is 48.5 Å². The van der Waals surface area contributed by atoms with Crippen LogP contribution in [0.1, 0.15) is 23.6 Å². The molecule has 0 fully saturated rings. The zero-order chi connectivity index (χ0) is 21.6. The third kappa shape index (κ3) is 5.03. The predicted molar refractivity (Wildman–Crippen MR) is 123 cm³/mol. The molecule has 1 aliphatic heterocycles. The van der Waals surface area contributed by atoms with Crippen molar-refractivity contribution in [3.8, 4) is 11.5 Å². The van der Waals surface area contributed by atoms with Gasteiger partial charge >= 0.3 is 5.97 Å². The Morgan fingerprint density at radius 3 is 2.42 bits per heavy atom. The molecule has 3 aromatic rings. The number of hydrogen-bond acceptors (Lipinski definition) is 5. The maximum absolute atomic E-state index is 12.3. The topological polar surface area (TPSA) is 57.1 Å². The summed E-state index contributed by atoms with van der Waals surface area (Å²) in [5, 5.41) is 0. The summed E-state index contributed by atoms with van der Waals surface area (Å²) >= 11 is 3.57. The van der Waals surface area contributed by atoms with Crippen molar-refractivity contribution in [2.75, 3.05) is 6.61 Å². The quantitative estimate of drug-likeness (QED) is 0.320. The highest BCUT2D eigenvalue weighted by Crippen LogP contribution is 2.38. The van der Waals surface area contributed by atoms with Crippen molar-refractivity contribution in [1.82, 2.24) is 0 Å². The summed E-state index contributed by atoms with van der Waals surface area (Å²) in [5.41, 5.74) is 2.78. The molecule has 3 aromatic carbocycles. The van der Waals surface area contributed by atoms with Gasteiger partial charge < -0.3 is 14.2 Å². The predicted octanol–water partition coefficient (Wildman–Crippen LogP) is 5.77. The molecule has 0 aromatic heterocycles. The Bertz CT molecular complexity index is 1140. The zero-order valence-electron chi connectivity index (χ0n) is 16.9. The third-order valence-electron chi connectivity index (χ3n) is 4.50. The second kappa shape index (κ2) is 9.62. The van der Waals surface area contributed by atoms with Gasteiger partial charge in [0, 0.05) is 5.56 Å². The monoisotopic (exact) mass is 477 g/mol. The molecule has 4 rings (SSSR count). The maximum atomic E-state index is 12.3. The summed E-state index contributed by atoms with van der Waals surface area (Å²) in [6.07, 6.45) is 1.67. The van der Waals surface area contributed by atoms with Crippen LogP contribution in [0.2, 0.25) is 0 Å². The molecule has 0 spiro atoms. The summed E-state index contributed by atoms with van der Waals surface area (Å²) in [6, 6.07) is 22.9. The highest BCUT2D eigenvalue weighted by molar-refractivity contribution is 9.10. The summed E-state index contributed by atoms with van der Waals surface area (Å²) < 4.78 is 17.9. The molecule has 0 radical (unpaired) electrons. The minimum absolute atomic E-state index is 0.228. The first-order valence-corrected chi connectivity index (χ1v) is 10.6. The number of esters is 1. The molecule has 0 saturated carbocycles. The van der Waals surface area contributed by atoms with Crippen molar-refractivity contribution in [1.29, 1.82) is 0 Å². The van der Waals surface area contributed by atoms with Crippen molar-refractivity contribution < 1.29 is 19.0 Å². The molecule has 5 nitrogen and oxygen atoms in total. The Balaban J connectivity index is 1.61. The minimum atomic E-state index is -0.489. The normalized spacial score (nSPS) is 14.3. The Morgan fingerprint density at radius 2 is 1.71 bits per heavy atom. The minimum Gasteiger partial charge on any atom is -0.490 e. The second-order valence-electron chi connectivity index (χ2n) is 6.74. The standard InChI is InChI=1S/C25H20BrNO4/c1-2-29-22-15-18(13-20(26)23(22)30-16-17-9-5-3-6-10-17)14-21-25(28)31-24(27-21)19-11-7-4-8-12-19/h3-15H,2,16H2,1H3/b21-14-. The fraction of sp³-hybridized carbons (Fsp3) is 0.120. The van der Waals surface area contributed by atoms with Gasteiger partial charge in [-0.15, -0.1) is 0 Å². The first-order chi connectivity index (χ1) is 15.1. The average molecular weight is 478 g/mol. The molecule has 1 aliphatic rings. The molecular formula is C25H20BrNO4. The molecule has 6 heteroatoms. The number of halogens is 1. The van der Waals surface area contributed by atoms with Crippen molar-refractivity contribution in [3.63, 3.8) is 0 Å². The number of nitrogens with zero attached hydrogens (tertiary/aromatic N) is 1. The Kier molecular flexibility index (Phi) is 6.48. The van der Waals surface area contributed by atoms with Crippen LogP contribution in [0.5, 0.6) is 11.5 Å². The fourth-order valence-electron chi connectivity index (χ4n) is 3.08. The molecule has 156 valence electrons. The first kappa shape index (κ1) is 20.9. The molecule has 1 heterocycles. The van der Waals surface area contributed by atoms with Gasteiger partial charge in [0.1, 0.15) is 6.61 Å². The van der Waals surface area contributed by atoms with Crippen LogP contribution in [0.4, 0.5) is 0 Å². The summed E-state index contributed by atoms with van der Waals surface area (Å²) in [4.78, 5) is 16.7. The summed E-state index contributed by atoms with van der Waals surface area (Å²) in [7, 11) is 0. The summed E-state index contributed by atoms with van der Waals surface area (Å²) in [5.74, 6) is 0.995. The molecular weight excluding hydrogens is 458 g/mol. The Hall–Kier alpha value is -3.38. The van der Waals surface area contributed by atoms with Crippen molar-refractivity contribution in [3.05, 3.63) is 99.7 Å². The van der Waals surface area contributed by atoms with Crippen molar-refractivity contribution in [2.24, 2.45) is 4.99 Å². The van der Waals surface area contributed by atoms with E-state index in [1.807, 2.05) is 79.7 Å². The number of cyclic esters (lactones) is 1. The van der Waals surface area contributed by atoms with E-state index in [1.165, 1.54) is 0 Å². The van der Waals surface area contributed by atoms with E-state index < -0.39 is 5.97 Å². The highest BCUT2D eigenvalue weighted by Gasteiger charge is 2.24. The average Bonchev–Trinajstić information content (AvgIpc) is 3.15. The fourth-order valence-corrected chi connectivity index (χ4v) is 3.65. The van der Waals surface area contributed by atoms with Gasteiger partial charge in [0.2, 0.25) is 5.90 Å². The van der Waals surface area contributed by atoms with Crippen LogP contribution in [0, 0.1) is 0 Å². The van der Waals surface area contributed by atoms with Crippen LogP contribution in [0.25, 0.3) is 6.08 Å². The first-order valence-electron chi connectivity index (χ1n) is 9.85. The number of carbonyl (C=O) groups excluding carboxylic acids is 1. The number of carbonyl (C=O) groups is 1. The van der Waals surface area contributed by atoms with Gasteiger partial charge in [0.15, 0.2) is 17.2 Å². The lowest BCUT2D eigenvalue weighted by atomic mass is 10.1. The third-order valence-corrected chi connectivity index (χ3v) is 5.09. The van der Waals surface area contributed by atoms with E-state index >= 15 is 0 Å². The molecule has 31 heavy (non-hydrogen) atoms. The van der Waals surface area contributed by atoms with E-state index in [1.54, 1.807) is 6.08 Å². The summed E-state index contributed by atoms with van der Waals surface area (Å²) in [6.45, 7) is 2.80. The van der Waals surface area contributed by atoms with Gasteiger partial charge in [-0.2, -0.15) is 0 Å². The number of rotatable bonds is 7. The van der Waals surface area contributed by atoms with Crippen LogP contribution in [0.15, 0.2) is 88.0 Å². The SMILES string of the molecule is CCOc1cc(/C=C2\N=C(c3ccccc3)OC2=O)cc(Br)c1OCc1ccccc1. The van der Waals surface area contributed by atoms with Crippen LogP contribution < -0.4 is 9.47 Å². The lowest BCUT2D eigenvalue weighted by Crippen LogP contribution is -2.05. The lowest BCUT2D eigenvalue weighted by molar-refractivity contribution is -0.129. The highest BCUT2D eigenvalue weighted by atomic mass is 79.9. The molecule has 0 bridgehead atoms. The van der Waals surface area contributed by atoms with E-state index in [-0.39, 0.29) is 5.70 Å². The van der Waals surface area contributed by atoms with Gasteiger partial charge in [-0.05, 0) is 64.3 Å². The zero-order valence-corrected chi connectivity index (χ0v) is 18.5. The lowest BCUT2D eigenvalue weighted by Gasteiger charge is -2.15. The van der Waals surface area contributed by atoms with E-state index in [0.29, 0.717) is 30.6 Å². The maximum Gasteiger partial charge on any atom is 0.363 e. The van der Waals surface area contributed by atoms with Gasteiger partial charge in [-0.3, -0.25) is 0 Å². The van der Waals surface area contributed by atoms with Crippen LogP contribution in [-0.4, -0.2) is 18.5 Å². The van der Waals surface area contributed by atoms with Crippen molar-refractivity contribution in [2.45, 2.75) is 13.5 Å². The van der Waals surface area contributed by atoms with E-state index in [9.17, 15) is 4.79 Å². The van der Waals surface area contributed by atoms with Crippen LogP contribution >= 0.6 is 15.9 Å². The van der Waals surface area contributed by atoms with Gasteiger partial charge in [0.05, 0.1) is 11.1 Å². The second-order valence-corrected chi connectivity index (χ2v) is 7.59. The van der Waals surface area contributed by atoms with E-state index in [2.05, 4.69) is 20.9 Å². The van der Waals surface area contributed by atoms with E-state index in [0.717, 1.165) is 21.2 Å². The molecule has 0 N–H and O–H groups in total. The number of benzene rings is 3. The van der Waals surface area contributed by atoms with Crippen molar-refractivity contribution >= 4 is 33.9 Å². The Morgan fingerprint density at radius 1 is 1.00 bits per heavy atom. The molecule has 0 atom stereocenters. The molecule has 0 aliphatic carbocycles. The number of aliphatic imine (C=N–C) groups is 1. The van der Waals surface area contributed by atoms with Crippen LogP contribution in [-0.2, 0) is 16.1 Å². The number of hydrogen-bond donors (Lipinski definition) is 0. The smallest absolute Gasteiger partial charge is 0.363 e. The number of ether oxygens (including phenoxy) is 3. The van der Waals surface area contributed by atoms with E-state index in [4.69, 9.17) is 14.2 Å².